The number of unbranched alkanes of at least 4 members (excludes halogenated alkanes) is 9. The van der Waals surface area contributed by atoms with Crippen LogP contribution in [-0.4, -0.2) is 24.5 Å². The molecule has 1 rings (SSSR count). The average molecular weight is 483 g/mol. The number of ether oxygens (including phenoxy) is 1. The molecule has 1 aromatic carbocycles. The first-order chi connectivity index (χ1) is 14.5. The van der Waals surface area contributed by atoms with Crippen molar-refractivity contribution in [2.45, 2.75) is 97.4 Å². The molecule has 170 valence electrons. The van der Waals surface area contributed by atoms with Crippen molar-refractivity contribution in [1.82, 2.24) is 5.32 Å². The Morgan fingerprint density at radius 1 is 0.933 bits per heavy atom. The molecule has 1 N–H and O–H groups in total. The van der Waals surface area contributed by atoms with Crippen LogP contribution in [0.2, 0.25) is 0 Å². The summed E-state index contributed by atoms with van der Waals surface area (Å²) in [5.74, 6) is -0.316. The zero-order valence-electron chi connectivity index (χ0n) is 19.1. The predicted octanol–water partition coefficient (Wildman–Crippen LogP) is 7.06. The number of hydrogen-bond donors (Lipinski definition) is 1. The maximum absolute atomic E-state index is 12.6. The highest BCUT2D eigenvalue weighted by atomic mass is 79.9. The van der Waals surface area contributed by atoms with Gasteiger partial charge in [0.1, 0.15) is 6.04 Å². The Morgan fingerprint density at radius 3 is 2.07 bits per heavy atom. The van der Waals surface area contributed by atoms with Crippen LogP contribution in [0.15, 0.2) is 28.7 Å². The summed E-state index contributed by atoms with van der Waals surface area (Å²) in [5.41, 5.74) is 0.522. The maximum Gasteiger partial charge on any atom is 0.328 e. The van der Waals surface area contributed by atoms with Gasteiger partial charge in [-0.3, -0.25) is 4.79 Å². The molecule has 0 fully saturated rings. The van der Waals surface area contributed by atoms with E-state index in [4.69, 9.17) is 4.74 Å². The fourth-order valence-electron chi connectivity index (χ4n) is 3.43. The number of benzene rings is 1. The van der Waals surface area contributed by atoms with Crippen LogP contribution in [0.1, 0.15) is 102 Å². The third-order valence-electron chi connectivity index (χ3n) is 5.16. The molecule has 0 saturated heterocycles. The first-order valence-corrected chi connectivity index (χ1v) is 12.5. The Hall–Kier alpha value is -1.36. The van der Waals surface area contributed by atoms with Gasteiger partial charge in [0.15, 0.2) is 0 Å². The molecular weight excluding hydrogens is 442 g/mol. The lowest BCUT2D eigenvalue weighted by molar-refractivity contribution is -0.146. The van der Waals surface area contributed by atoms with Crippen LogP contribution in [-0.2, 0) is 9.53 Å². The van der Waals surface area contributed by atoms with Crippen molar-refractivity contribution in [3.63, 3.8) is 0 Å². The molecule has 0 spiro atoms. The Bertz CT molecular complexity index is 618. The summed E-state index contributed by atoms with van der Waals surface area (Å²) in [4.78, 5) is 25.1. The number of amides is 1. The smallest absolute Gasteiger partial charge is 0.328 e. The molecule has 1 aromatic rings. The Labute approximate surface area is 191 Å². The third kappa shape index (κ3) is 11.7. The molecule has 5 heteroatoms. The molecule has 0 aliphatic rings. The molecule has 0 radical (unpaired) electrons. The van der Waals surface area contributed by atoms with Gasteiger partial charge < -0.3 is 10.1 Å². The van der Waals surface area contributed by atoms with Gasteiger partial charge in [-0.1, -0.05) is 90.7 Å². The molecule has 0 bridgehead atoms. The molecule has 0 saturated carbocycles. The number of esters is 1. The Morgan fingerprint density at radius 2 is 1.50 bits per heavy atom. The zero-order valence-corrected chi connectivity index (χ0v) is 20.6. The van der Waals surface area contributed by atoms with E-state index in [9.17, 15) is 9.59 Å². The van der Waals surface area contributed by atoms with Crippen molar-refractivity contribution in [3.8, 4) is 0 Å². The van der Waals surface area contributed by atoms with Crippen LogP contribution >= 0.6 is 15.9 Å². The van der Waals surface area contributed by atoms with Crippen LogP contribution in [0, 0.1) is 5.92 Å². The van der Waals surface area contributed by atoms with Gasteiger partial charge in [0.05, 0.1) is 12.2 Å². The van der Waals surface area contributed by atoms with Crippen molar-refractivity contribution in [2.24, 2.45) is 5.92 Å². The summed E-state index contributed by atoms with van der Waals surface area (Å²) < 4.78 is 6.19. The lowest BCUT2D eigenvalue weighted by atomic mass is 10.0. The van der Waals surface area contributed by atoms with Crippen molar-refractivity contribution in [1.29, 1.82) is 0 Å². The monoisotopic (exact) mass is 481 g/mol. The van der Waals surface area contributed by atoms with Crippen LogP contribution in [0.25, 0.3) is 0 Å². The lowest BCUT2D eigenvalue weighted by Gasteiger charge is -2.20. The number of nitrogens with one attached hydrogen (secondary N) is 1. The van der Waals surface area contributed by atoms with Gasteiger partial charge in [-0.15, -0.1) is 0 Å². The predicted molar refractivity (Wildman–Crippen MR) is 128 cm³/mol. The van der Waals surface area contributed by atoms with E-state index in [2.05, 4.69) is 28.2 Å². The molecule has 1 amide bonds. The molecule has 4 nitrogen and oxygen atoms in total. The summed E-state index contributed by atoms with van der Waals surface area (Å²) in [6.45, 7) is 6.74. The van der Waals surface area contributed by atoms with E-state index in [1.54, 1.807) is 12.1 Å². The summed E-state index contributed by atoms with van der Waals surface area (Å²) in [7, 11) is 0. The second-order valence-corrected chi connectivity index (χ2v) is 9.34. The van der Waals surface area contributed by atoms with Crippen molar-refractivity contribution in [2.75, 3.05) is 6.61 Å². The average Bonchev–Trinajstić information content (AvgIpc) is 2.71. The molecule has 30 heavy (non-hydrogen) atoms. The van der Waals surface area contributed by atoms with Gasteiger partial charge in [0.2, 0.25) is 0 Å². The minimum Gasteiger partial charge on any atom is -0.464 e. The number of halogens is 1. The summed E-state index contributed by atoms with van der Waals surface area (Å²) in [5, 5.41) is 2.85. The van der Waals surface area contributed by atoms with E-state index in [0.717, 1.165) is 12.8 Å². The molecule has 0 aliphatic carbocycles. The topological polar surface area (TPSA) is 55.4 Å². The van der Waals surface area contributed by atoms with Crippen molar-refractivity contribution < 1.29 is 14.3 Å². The number of rotatable bonds is 16. The highest BCUT2D eigenvalue weighted by Crippen LogP contribution is 2.17. The standard InChI is InChI=1S/C25H40BrNO3/c1-4-5-6-7-8-9-10-11-12-15-18-30-25(29)23(19-20(2)3)27-24(28)21-16-13-14-17-22(21)26/h13-14,16-17,20,23H,4-12,15,18-19H2,1-3H3,(H,27,28). The van der Waals surface area contributed by atoms with Crippen molar-refractivity contribution >= 4 is 27.8 Å². The van der Waals surface area contributed by atoms with Crippen LogP contribution in [0.5, 0.6) is 0 Å². The van der Waals surface area contributed by atoms with E-state index in [0.29, 0.717) is 23.1 Å². The number of hydrogen-bond acceptors (Lipinski definition) is 3. The van der Waals surface area contributed by atoms with E-state index < -0.39 is 6.04 Å². The molecule has 0 heterocycles. The molecule has 0 aliphatic heterocycles. The normalized spacial score (nSPS) is 12.0. The zero-order chi connectivity index (χ0) is 22.2. The van der Waals surface area contributed by atoms with Gasteiger partial charge in [-0.05, 0) is 46.8 Å². The van der Waals surface area contributed by atoms with Gasteiger partial charge >= 0.3 is 5.97 Å². The highest BCUT2D eigenvalue weighted by Gasteiger charge is 2.24. The minimum absolute atomic E-state index is 0.260. The van der Waals surface area contributed by atoms with Crippen LogP contribution in [0.3, 0.4) is 0 Å². The highest BCUT2D eigenvalue weighted by molar-refractivity contribution is 9.10. The minimum atomic E-state index is -0.618. The second-order valence-electron chi connectivity index (χ2n) is 8.48. The molecule has 1 atom stereocenters. The van der Waals surface area contributed by atoms with E-state index in [1.807, 2.05) is 26.0 Å². The summed E-state index contributed by atoms with van der Waals surface area (Å²) in [6, 6.07) is 6.60. The fraction of sp³-hybridized carbons (Fsp3) is 0.680. The van der Waals surface area contributed by atoms with Gasteiger partial charge in [-0.25, -0.2) is 4.79 Å². The lowest BCUT2D eigenvalue weighted by Crippen LogP contribution is -2.43. The number of carbonyl (C=O) groups is 2. The van der Waals surface area contributed by atoms with E-state index in [-0.39, 0.29) is 17.8 Å². The van der Waals surface area contributed by atoms with Gasteiger partial charge in [-0.2, -0.15) is 0 Å². The van der Waals surface area contributed by atoms with E-state index >= 15 is 0 Å². The Kier molecular flexibility index (Phi) is 14.5. The third-order valence-corrected chi connectivity index (χ3v) is 5.85. The molecular formula is C25H40BrNO3. The SMILES string of the molecule is CCCCCCCCCCCCOC(=O)C(CC(C)C)NC(=O)c1ccccc1Br. The fourth-order valence-corrected chi connectivity index (χ4v) is 3.89. The van der Waals surface area contributed by atoms with Crippen LogP contribution in [0.4, 0.5) is 0 Å². The Balaban J connectivity index is 2.29. The second kappa shape index (κ2) is 16.3. The first kappa shape index (κ1) is 26.7. The number of carbonyl (C=O) groups excluding carboxylic acids is 2. The largest absolute Gasteiger partial charge is 0.464 e. The summed E-state index contributed by atoms with van der Waals surface area (Å²) in [6.07, 6.45) is 13.0. The van der Waals surface area contributed by atoms with Gasteiger partial charge in [0.25, 0.3) is 5.91 Å². The molecule has 0 aromatic heterocycles. The van der Waals surface area contributed by atoms with Crippen LogP contribution < -0.4 is 5.32 Å². The van der Waals surface area contributed by atoms with Gasteiger partial charge in [0, 0.05) is 4.47 Å². The molecule has 1 unspecified atom stereocenters. The maximum atomic E-state index is 12.6. The van der Waals surface area contributed by atoms with E-state index in [1.165, 1.54) is 51.4 Å². The quantitative estimate of drug-likeness (QED) is 0.203. The first-order valence-electron chi connectivity index (χ1n) is 11.7. The van der Waals surface area contributed by atoms with Crippen molar-refractivity contribution in [3.05, 3.63) is 34.3 Å². The summed E-state index contributed by atoms with van der Waals surface area (Å²) >= 11 is 3.39.